The molecule has 0 saturated carbocycles. The number of rotatable bonds is 6. The fourth-order valence-corrected chi connectivity index (χ4v) is 7.23. The predicted molar refractivity (Wildman–Crippen MR) is 240 cm³/mol. The van der Waals surface area contributed by atoms with E-state index in [2.05, 4.69) is 155 Å². The summed E-state index contributed by atoms with van der Waals surface area (Å²) in [7, 11) is 0. The number of benzene rings is 6. The number of hydrogen-bond acceptors (Lipinski definition) is 4. The maximum absolute atomic E-state index is 5.23. The first-order valence-electron chi connectivity index (χ1n) is 19.6. The van der Waals surface area contributed by atoms with Crippen LogP contribution in [0.15, 0.2) is 176 Å². The third-order valence-corrected chi connectivity index (χ3v) is 10.4. The van der Waals surface area contributed by atoms with Crippen LogP contribution in [0.1, 0.15) is 37.5 Å². The topological polar surface area (TPSA) is 51.6 Å². The van der Waals surface area contributed by atoms with Crippen LogP contribution in [0, 0.1) is 26.0 Å². The van der Waals surface area contributed by atoms with Gasteiger partial charge in [0.2, 0.25) is 0 Å². The van der Waals surface area contributed by atoms with E-state index in [-0.39, 0.29) is 25.5 Å². The molecule has 0 spiro atoms. The van der Waals surface area contributed by atoms with Crippen molar-refractivity contribution in [3.8, 4) is 67.3 Å². The Kier molecular flexibility index (Phi) is 12.5. The summed E-state index contributed by atoms with van der Waals surface area (Å²) >= 11 is 0. The Labute approximate surface area is 361 Å². The van der Waals surface area contributed by atoms with E-state index < -0.39 is 0 Å². The number of nitrogens with zero attached hydrogens (tertiary/aromatic N) is 4. The number of aryl methyl sites for hydroxylation is 1. The second kappa shape index (κ2) is 18.0. The molecule has 0 saturated heterocycles. The van der Waals surface area contributed by atoms with E-state index in [4.69, 9.17) is 15.0 Å². The molecule has 0 amide bonds. The smallest absolute Gasteiger partial charge is 0.159 e. The number of pyridine rings is 2. The summed E-state index contributed by atoms with van der Waals surface area (Å²) < 4.78 is 0. The normalized spacial score (nSPS) is 11.0. The van der Waals surface area contributed by atoms with Gasteiger partial charge in [0.15, 0.2) is 5.82 Å². The molecule has 0 fully saturated rings. The Morgan fingerprint density at radius 3 is 1.86 bits per heavy atom. The van der Waals surface area contributed by atoms with Crippen molar-refractivity contribution in [3.63, 3.8) is 0 Å². The molecule has 9 aromatic rings. The van der Waals surface area contributed by atoms with Gasteiger partial charge in [0.05, 0.1) is 5.52 Å². The maximum Gasteiger partial charge on any atom is 0.159 e. The third-order valence-electron chi connectivity index (χ3n) is 10.4. The first kappa shape index (κ1) is 40.8. The Bertz CT molecular complexity index is 2830. The minimum Gasteiger partial charge on any atom is -0.305 e. The van der Waals surface area contributed by atoms with Crippen LogP contribution >= 0.6 is 0 Å². The zero-order valence-electron chi connectivity index (χ0n) is 33.9. The van der Waals surface area contributed by atoms with Gasteiger partial charge in [0.1, 0.15) is 0 Å². The average molecular weight is 941 g/mol. The molecule has 0 N–H and O–H groups in total. The quantitative estimate of drug-likeness (QED) is 0.156. The Morgan fingerprint density at radius 2 is 1.15 bits per heavy atom. The van der Waals surface area contributed by atoms with E-state index in [0.29, 0.717) is 5.82 Å². The second-order valence-corrected chi connectivity index (χ2v) is 15.5. The molecule has 5 heteroatoms. The van der Waals surface area contributed by atoms with Crippen molar-refractivity contribution in [1.29, 1.82) is 0 Å². The molecule has 291 valence electrons. The van der Waals surface area contributed by atoms with Gasteiger partial charge >= 0.3 is 0 Å². The van der Waals surface area contributed by atoms with Crippen molar-refractivity contribution in [2.24, 2.45) is 0 Å². The molecule has 6 aromatic carbocycles. The third kappa shape index (κ3) is 9.18. The molecular weight excluding hydrogens is 897 g/mol. The van der Waals surface area contributed by atoms with Gasteiger partial charge in [0, 0.05) is 49.6 Å². The van der Waals surface area contributed by atoms with Crippen LogP contribution in [0.3, 0.4) is 0 Å². The van der Waals surface area contributed by atoms with Crippen LogP contribution in [-0.2, 0) is 25.5 Å². The molecule has 0 bridgehead atoms. The van der Waals surface area contributed by atoms with Gasteiger partial charge in [-0.15, -0.1) is 65.7 Å². The summed E-state index contributed by atoms with van der Waals surface area (Å²) in [5.41, 5.74) is 16.4. The standard InChI is InChI=1S/C42H34N3.C12H10N.Ir/c1-28-34(29-13-7-5-8-14-29)19-12-20-35(28)37-22-21-36(40-38(37)27-44-41(45-40)30-15-9-6-10-16-30)31-17-11-18-32(25-31)39-26-33(23-24-43-39)42(2,3)4;1-10-7-8-13-12(9-10)11-5-3-2-4-6-11;/h5-17,19-27H,1-4H3;2-5,7-9H,1H3;/q2*-1;. The second-order valence-electron chi connectivity index (χ2n) is 15.5. The van der Waals surface area contributed by atoms with Crippen LogP contribution in [-0.4, -0.2) is 19.9 Å². The molecule has 3 aromatic heterocycles. The molecule has 0 atom stereocenters. The Hall–Kier alpha value is -6.39. The minimum atomic E-state index is 0. The fourth-order valence-electron chi connectivity index (χ4n) is 7.23. The summed E-state index contributed by atoms with van der Waals surface area (Å²) in [6.07, 6.45) is 5.71. The van der Waals surface area contributed by atoms with E-state index >= 15 is 0 Å². The molecule has 59 heavy (non-hydrogen) atoms. The molecule has 4 nitrogen and oxygen atoms in total. The minimum absolute atomic E-state index is 0. The summed E-state index contributed by atoms with van der Waals surface area (Å²) in [6.45, 7) is 10.9. The molecule has 9 rings (SSSR count). The first-order chi connectivity index (χ1) is 28.2. The van der Waals surface area contributed by atoms with Gasteiger partial charge in [0.25, 0.3) is 0 Å². The monoisotopic (exact) mass is 941 g/mol. The predicted octanol–water partition coefficient (Wildman–Crippen LogP) is 13.6. The Balaban J connectivity index is 0.000000321. The van der Waals surface area contributed by atoms with Crippen molar-refractivity contribution in [1.82, 2.24) is 19.9 Å². The van der Waals surface area contributed by atoms with Crippen LogP contribution < -0.4 is 0 Å². The zero-order valence-corrected chi connectivity index (χ0v) is 36.3. The number of aromatic nitrogens is 4. The van der Waals surface area contributed by atoms with Gasteiger partial charge in [-0.3, -0.25) is 0 Å². The number of hydrogen-bond donors (Lipinski definition) is 0. The van der Waals surface area contributed by atoms with Crippen molar-refractivity contribution < 1.29 is 20.1 Å². The van der Waals surface area contributed by atoms with Gasteiger partial charge in [-0.05, 0) is 81.7 Å². The molecule has 0 aliphatic rings. The van der Waals surface area contributed by atoms with Crippen molar-refractivity contribution in [2.75, 3.05) is 0 Å². The van der Waals surface area contributed by atoms with Crippen molar-refractivity contribution >= 4 is 10.9 Å². The average Bonchev–Trinajstić information content (AvgIpc) is 3.27. The largest absolute Gasteiger partial charge is 0.305 e. The molecule has 0 aliphatic carbocycles. The summed E-state index contributed by atoms with van der Waals surface area (Å²) in [5.74, 6) is 0.707. The summed E-state index contributed by atoms with van der Waals surface area (Å²) in [5, 5.41) is 1.02. The maximum atomic E-state index is 5.23. The van der Waals surface area contributed by atoms with E-state index in [0.717, 1.165) is 55.7 Å². The molecule has 0 unspecified atom stereocenters. The summed E-state index contributed by atoms with van der Waals surface area (Å²) in [6, 6.07) is 60.7. The zero-order chi connectivity index (χ0) is 40.1. The van der Waals surface area contributed by atoms with Crippen LogP contribution in [0.25, 0.3) is 78.2 Å². The van der Waals surface area contributed by atoms with E-state index in [1.807, 2.05) is 73.2 Å². The fraction of sp³-hybridized carbons (Fsp3) is 0.111. The van der Waals surface area contributed by atoms with Crippen molar-refractivity contribution in [2.45, 2.75) is 40.0 Å². The first-order valence-corrected chi connectivity index (χ1v) is 19.6. The van der Waals surface area contributed by atoms with E-state index in [1.54, 1.807) is 0 Å². The van der Waals surface area contributed by atoms with Gasteiger partial charge in [-0.2, -0.15) is 0 Å². The molecule has 1 radical (unpaired) electrons. The van der Waals surface area contributed by atoms with Gasteiger partial charge in [-0.25, -0.2) is 9.97 Å². The van der Waals surface area contributed by atoms with Crippen LogP contribution in [0.5, 0.6) is 0 Å². The molecule has 0 aliphatic heterocycles. The van der Waals surface area contributed by atoms with Crippen LogP contribution in [0.2, 0.25) is 0 Å². The van der Waals surface area contributed by atoms with Crippen molar-refractivity contribution in [3.05, 3.63) is 205 Å². The SMILES string of the molecule is Cc1c(-c2ccccc2)cccc1-c1ccc(-c2cc[c-]c(-c3cc(C(C)(C)C)ccn3)c2)c2nc(-c3ccccc3)ncc12.Cc1ccnc(-c2[c-]cccc2)c1.[Ir]. The molecular formula is C54H44IrN4-2. The van der Waals surface area contributed by atoms with E-state index in [9.17, 15) is 0 Å². The van der Waals surface area contributed by atoms with Crippen LogP contribution in [0.4, 0.5) is 0 Å². The summed E-state index contributed by atoms with van der Waals surface area (Å²) in [4.78, 5) is 19.1. The number of fused-ring (bicyclic) bond motifs is 1. The van der Waals surface area contributed by atoms with Gasteiger partial charge in [-0.1, -0.05) is 135 Å². The Morgan fingerprint density at radius 1 is 0.492 bits per heavy atom. The molecule has 3 heterocycles. The van der Waals surface area contributed by atoms with Gasteiger partial charge < -0.3 is 9.97 Å². The van der Waals surface area contributed by atoms with E-state index in [1.165, 1.54) is 33.4 Å².